The summed E-state index contributed by atoms with van der Waals surface area (Å²) in [4.78, 5) is 0. The molecule has 2 aliphatic rings. The third-order valence-electron chi connectivity index (χ3n) is 5.90. The van der Waals surface area contributed by atoms with Crippen LogP contribution in [0.4, 0.5) is 0 Å². The summed E-state index contributed by atoms with van der Waals surface area (Å²) in [5.74, 6) is 0. The van der Waals surface area contributed by atoms with Gasteiger partial charge in [-0.2, -0.15) is 0 Å². The standard InChI is InChI=1S/C19H33N3O12/c1-2-8-3-22(21-20-8)9(6-31-18-16(29)14(27)12(25)10(4-23)33-18)7-32-19-17(30)15(28)13(26)11(5-24)34-19/h3,9-19,23-30H,2,4-7H2,1H3/t9?,10-,11?,12?,13-,14+,15?,16?,17-,18-,19?/m1/s1. The zero-order chi connectivity index (χ0) is 25.0. The zero-order valence-electron chi connectivity index (χ0n) is 18.5. The molecule has 0 aliphatic carbocycles. The molecule has 2 saturated heterocycles. The van der Waals surface area contributed by atoms with E-state index in [1.165, 1.54) is 4.68 Å². The largest absolute Gasteiger partial charge is 0.394 e. The highest BCUT2D eigenvalue weighted by Gasteiger charge is 2.45. The Morgan fingerprint density at radius 2 is 1.29 bits per heavy atom. The number of ether oxygens (including phenoxy) is 4. The Bertz CT molecular complexity index is 712. The van der Waals surface area contributed by atoms with Crippen molar-refractivity contribution >= 4 is 0 Å². The van der Waals surface area contributed by atoms with Gasteiger partial charge in [0, 0.05) is 6.20 Å². The van der Waals surface area contributed by atoms with Crippen molar-refractivity contribution < 1.29 is 59.8 Å². The summed E-state index contributed by atoms with van der Waals surface area (Å²) >= 11 is 0. The second kappa shape index (κ2) is 12.1. The third-order valence-corrected chi connectivity index (χ3v) is 5.90. The number of aromatic nitrogens is 3. The highest BCUT2D eigenvalue weighted by atomic mass is 16.7. The average Bonchev–Trinajstić information content (AvgIpc) is 3.32. The minimum absolute atomic E-state index is 0.216. The molecule has 0 spiro atoms. The highest BCUT2D eigenvalue weighted by molar-refractivity contribution is 4.93. The van der Waals surface area contributed by atoms with Crippen LogP contribution in [0.5, 0.6) is 0 Å². The van der Waals surface area contributed by atoms with Crippen LogP contribution in [0.15, 0.2) is 6.20 Å². The van der Waals surface area contributed by atoms with Crippen molar-refractivity contribution in [2.24, 2.45) is 0 Å². The van der Waals surface area contributed by atoms with E-state index in [9.17, 15) is 40.9 Å². The molecule has 15 nitrogen and oxygen atoms in total. The summed E-state index contributed by atoms with van der Waals surface area (Å²) in [6, 6.07) is -0.729. The summed E-state index contributed by atoms with van der Waals surface area (Å²) < 4.78 is 23.3. The molecule has 11 atom stereocenters. The second-order valence-corrected chi connectivity index (χ2v) is 8.26. The van der Waals surface area contributed by atoms with Gasteiger partial charge in [0.1, 0.15) is 54.9 Å². The van der Waals surface area contributed by atoms with Crippen LogP contribution in [0.1, 0.15) is 18.7 Å². The molecule has 2 fully saturated rings. The predicted molar refractivity (Wildman–Crippen MR) is 108 cm³/mol. The summed E-state index contributed by atoms with van der Waals surface area (Å²) in [5.41, 5.74) is 0.658. The van der Waals surface area contributed by atoms with Crippen molar-refractivity contribution in [3.8, 4) is 0 Å². The van der Waals surface area contributed by atoms with Crippen LogP contribution in [0.2, 0.25) is 0 Å². The van der Waals surface area contributed by atoms with Crippen LogP contribution in [0.25, 0.3) is 0 Å². The summed E-state index contributed by atoms with van der Waals surface area (Å²) in [7, 11) is 0. The van der Waals surface area contributed by atoms with E-state index in [1.54, 1.807) is 6.20 Å². The van der Waals surface area contributed by atoms with E-state index in [1.807, 2.05) is 6.92 Å². The van der Waals surface area contributed by atoms with Crippen LogP contribution in [-0.4, -0.2) is 144 Å². The van der Waals surface area contributed by atoms with Gasteiger partial charge in [0.25, 0.3) is 0 Å². The monoisotopic (exact) mass is 495 g/mol. The topological polar surface area (TPSA) is 229 Å². The van der Waals surface area contributed by atoms with Gasteiger partial charge in [0.2, 0.25) is 0 Å². The molecule has 15 heteroatoms. The van der Waals surface area contributed by atoms with E-state index in [-0.39, 0.29) is 13.2 Å². The van der Waals surface area contributed by atoms with Gasteiger partial charge in [-0.3, -0.25) is 0 Å². The fraction of sp³-hybridized carbons (Fsp3) is 0.895. The first-order valence-electron chi connectivity index (χ1n) is 11.0. The fourth-order valence-electron chi connectivity index (χ4n) is 3.68. The van der Waals surface area contributed by atoms with E-state index in [0.717, 1.165) is 0 Å². The lowest BCUT2D eigenvalue weighted by Gasteiger charge is -2.40. The van der Waals surface area contributed by atoms with E-state index in [4.69, 9.17) is 18.9 Å². The smallest absolute Gasteiger partial charge is 0.186 e. The molecule has 196 valence electrons. The maximum Gasteiger partial charge on any atom is 0.186 e. The molecule has 6 unspecified atom stereocenters. The summed E-state index contributed by atoms with van der Waals surface area (Å²) in [6.07, 6.45) is -12.4. The van der Waals surface area contributed by atoms with Crippen molar-refractivity contribution in [3.05, 3.63) is 11.9 Å². The SMILES string of the molecule is CCc1cn(C(COC2OC(CO)[C@@H](O)C(O)[C@H]2O)CO[C@@H]2O[C@H](CO)C(O)[C@H](O)C2O)nn1. The first-order valence-corrected chi connectivity index (χ1v) is 11.0. The van der Waals surface area contributed by atoms with E-state index in [2.05, 4.69) is 10.3 Å². The second-order valence-electron chi connectivity index (χ2n) is 8.26. The first-order chi connectivity index (χ1) is 16.2. The predicted octanol–water partition coefficient (Wildman–Crippen LogP) is -4.99. The van der Waals surface area contributed by atoms with Crippen LogP contribution in [0, 0.1) is 0 Å². The number of aryl methyl sites for hydroxylation is 1. The molecule has 0 bridgehead atoms. The van der Waals surface area contributed by atoms with Crippen LogP contribution >= 0.6 is 0 Å². The molecular weight excluding hydrogens is 462 g/mol. The van der Waals surface area contributed by atoms with Crippen LogP contribution < -0.4 is 0 Å². The quantitative estimate of drug-likeness (QED) is 0.152. The lowest BCUT2D eigenvalue weighted by atomic mass is 9.99. The summed E-state index contributed by atoms with van der Waals surface area (Å²) in [6.45, 7) is 0.215. The van der Waals surface area contributed by atoms with Gasteiger partial charge in [-0.05, 0) is 6.42 Å². The van der Waals surface area contributed by atoms with Gasteiger partial charge in [-0.25, -0.2) is 4.68 Å². The average molecular weight is 495 g/mol. The maximum absolute atomic E-state index is 10.2. The Kier molecular flexibility index (Phi) is 9.67. The van der Waals surface area contributed by atoms with E-state index < -0.39 is 80.7 Å². The number of hydrogen-bond donors (Lipinski definition) is 8. The number of aliphatic hydroxyl groups excluding tert-OH is 8. The molecule has 0 amide bonds. The third kappa shape index (κ3) is 5.89. The Morgan fingerprint density at radius 1 is 0.824 bits per heavy atom. The Morgan fingerprint density at radius 3 is 1.68 bits per heavy atom. The molecule has 0 radical (unpaired) electrons. The molecule has 34 heavy (non-hydrogen) atoms. The van der Waals surface area contributed by atoms with Gasteiger partial charge in [0.05, 0.1) is 32.1 Å². The van der Waals surface area contributed by atoms with Crippen molar-refractivity contribution in [1.29, 1.82) is 0 Å². The molecule has 0 aromatic carbocycles. The molecular formula is C19H33N3O12. The molecule has 8 N–H and O–H groups in total. The van der Waals surface area contributed by atoms with Gasteiger partial charge < -0.3 is 59.8 Å². The summed E-state index contributed by atoms with van der Waals surface area (Å²) in [5, 5.41) is 86.8. The van der Waals surface area contributed by atoms with Gasteiger partial charge in [0.15, 0.2) is 12.6 Å². The minimum atomic E-state index is -1.61. The number of hydrogen-bond acceptors (Lipinski definition) is 14. The van der Waals surface area contributed by atoms with Crippen molar-refractivity contribution in [3.63, 3.8) is 0 Å². The Hall–Kier alpha value is -1.34. The molecule has 0 saturated carbocycles. The van der Waals surface area contributed by atoms with Crippen molar-refractivity contribution in [2.45, 2.75) is 80.8 Å². The Balaban J connectivity index is 1.68. The Labute approximate surface area is 194 Å². The zero-order valence-corrected chi connectivity index (χ0v) is 18.5. The number of nitrogens with zero attached hydrogens (tertiary/aromatic N) is 3. The van der Waals surface area contributed by atoms with Gasteiger partial charge >= 0.3 is 0 Å². The molecule has 1 aromatic rings. The highest BCUT2D eigenvalue weighted by Crippen LogP contribution is 2.25. The van der Waals surface area contributed by atoms with Crippen LogP contribution in [0.3, 0.4) is 0 Å². The van der Waals surface area contributed by atoms with Gasteiger partial charge in [-0.1, -0.05) is 12.1 Å². The molecule has 2 aliphatic heterocycles. The minimum Gasteiger partial charge on any atom is -0.394 e. The number of aliphatic hydroxyl groups is 8. The molecule has 3 rings (SSSR count). The van der Waals surface area contributed by atoms with Crippen molar-refractivity contribution in [1.82, 2.24) is 15.0 Å². The normalized spacial score (nSPS) is 39.8. The molecule has 1 aromatic heterocycles. The van der Waals surface area contributed by atoms with Crippen LogP contribution in [-0.2, 0) is 25.4 Å². The number of rotatable bonds is 10. The lowest BCUT2D eigenvalue weighted by Crippen LogP contribution is -2.59. The molecule has 3 heterocycles. The van der Waals surface area contributed by atoms with Crippen molar-refractivity contribution in [2.75, 3.05) is 26.4 Å². The first kappa shape index (κ1) is 27.3. The van der Waals surface area contributed by atoms with Gasteiger partial charge in [-0.15, -0.1) is 5.10 Å². The maximum atomic E-state index is 10.2. The fourth-order valence-corrected chi connectivity index (χ4v) is 3.68. The lowest BCUT2D eigenvalue weighted by molar-refractivity contribution is -0.311. The van der Waals surface area contributed by atoms with E-state index >= 15 is 0 Å². The van der Waals surface area contributed by atoms with E-state index in [0.29, 0.717) is 12.1 Å².